The second-order valence-electron chi connectivity index (χ2n) is 11.2. The number of nitrogens with one attached hydrogen (secondary N) is 1. The van der Waals surface area contributed by atoms with Crippen molar-refractivity contribution in [2.75, 3.05) is 6.54 Å². The molecule has 0 spiro atoms. The average molecular weight is 433 g/mol. The molecule has 1 N–H and O–H groups in total. The molecule has 1 aromatic heterocycles. The van der Waals surface area contributed by atoms with Crippen molar-refractivity contribution in [1.82, 2.24) is 20.3 Å². The molecule has 0 saturated heterocycles. The molecule has 1 aromatic rings. The van der Waals surface area contributed by atoms with Crippen LogP contribution in [-0.2, 0) is 13.0 Å². The van der Waals surface area contributed by atoms with Crippen molar-refractivity contribution in [2.24, 2.45) is 17.3 Å². The molecule has 1 saturated carbocycles. The van der Waals surface area contributed by atoms with Gasteiger partial charge in [-0.05, 0) is 82.6 Å². The summed E-state index contributed by atoms with van der Waals surface area (Å²) in [6.45, 7) is 16.2. The summed E-state index contributed by atoms with van der Waals surface area (Å²) in [5.41, 5.74) is 2.00. The summed E-state index contributed by atoms with van der Waals surface area (Å²) >= 11 is 0. The number of rotatable bonds is 18. The van der Waals surface area contributed by atoms with Crippen LogP contribution in [0.3, 0.4) is 0 Å². The Balaban J connectivity index is 2.00. The molecule has 2 unspecified atom stereocenters. The molecule has 2 rings (SSSR count). The third-order valence-electron chi connectivity index (χ3n) is 7.95. The van der Waals surface area contributed by atoms with Gasteiger partial charge in [-0.2, -0.15) is 0 Å². The van der Waals surface area contributed by atoms with E-state index in [9.17, 15) is 0 Å². The van der Waals surface area contributed by atoms with Gasteiger partial charge in [-0.1, -0.05) is 71.4 Å². The van der Waals surface area contributed by atoms with Crippen LogP contribution in [0.1, 0.15) is 124 Å². The quantitative estimate of drug-likeness (QED) is 0.250. The van der Waals surface area contributed by atoms with Gasteiger partial charge in [0.2, 0.25) is 0 Å². The zero-order valence-corrected chi connectivity index (χ0v) is 21.7. The van der Waals surface area contributed by atoms with E-state index in [4.69, 9.17) is 0 Å². The zero-order valence-electron chi connectivity index (χ0n) is 21.7. The van der Waals surface area contributed by atoms with E-state index in [1.165, 1.54) is 69.9 Å². The highest BCUT2D eigenvalue weighted by Gasteiger charge is 2.43. The van der Waals surface area contributed by atoms with E-state index in [-0.39, 0.29) is 5.54 Å². The summed E-state index contributed by atoms with van der Waals surface area (Å²) in [5, 5.41) is 12.6. The number of hydrogen-bond donors (Lipinski definition) is 1. The van der Waals surface area contributed by atoms with E-state index in [1.54, 1.807) is 0 Å². The molecule has 1 aliphatic rings. The molecule has 0 aliphatic heterocycles. The third kappa shape index (κ3) is 8.86. The Morgan fingerprint density at radius 2 is 1.71 bits per heavy atom. The summed E-state index contributed by atoms with van der Waals surface area (Å²) in [4.78, 5) is 0. The van der Waals surface area contributed by atoms with Gasteiger partial charge >= 0.3 is 0 Å². The van der Waals surface area contributed by atoms with Crippen LogP contribution in [0.4, 0.5) is 0 Å². The van der Waals surface area contributed by atoms with E-state index in [0.717, 1.165) is 44.2 Å². The number of unbranched alkanes of at least 4 members (excludes halogenated alkanes) is 4. The first-order chi connectivity index (χ1) is 14.8. The smallest absolute Gasteiger partial charge is 0.0725 e. The fourth-order valence-corrected chi connectivity index (χ4v) is 5.10. The molecule has 4 heteroatoms. The molecule has 180 valence electrons. The maximum atomic E-state index is 4.56. The van der Waals surface area contributed by atoms with Crippen molar-refractivity contribution in [2.45, 2.75) is 137 Å². The lowest BCUT2D eigenvalue weighted by Crippen LogP contribution is -2.39. The monoisotopic (exact) mass is 432 g/mol. The van der Waals surface area contributed by atoms with Crippen molar-refractivity contribution in [3.63, 3.8) is 0 Å². The second kappa shape index (κ2) is 13.0. The van der Waals surface area contributed by atoms with Gasteiger partial charge in [-0.15, -0.1) is 5.10 Å². The summed E-state index contributed by atoms with van der Waals surface area (Å²) in [7, 11) is 0. The van der Waals surface area contributed by atoms with E-state index in [2.05, 4.69) is 61.9 Å². The summed E-state index contributed by atoms with van der Waals surface area (Å²) in [5.74, 6) is 1.65. The van der Waals surface area contributed by atoms with Crippen LogP contribution < -0.4 is 5.32 Å². The lowest BCUT2D eigenvalue weighted by atomic mass is 9.68. The minimum absolute atomic E-state index is 0.231. The molecule has 0 aromatic carbocycles. The van der Waals surface area contributed by atoms with Gasteiger partial charge in [0.15, 0.2) is 0 Å². The van der Waals surface area contributed by atoms with E-state index >= 15 is 0 Å². The Labute approximate surface area is 193 Å². The van der Waals surface area contributed by atoms with Crippen LogP contribution in [0.15, 0.2) is 6.20 Å². The minimum Gasteiger partial charge on any atom is -0.312 e. The van der Waals surface area contributed by atoms with Gasteiger partial charge in [-0.3, -0.25) is 0 Å². The number of aryl methyl sites for hydroxylation is 1. The normalized spacial score (nSPS) is 17.6. The van der Waals surface area contributed by atoms with Gasteiger partial charge < -0.3 is 5.32 Å². The fraction of sp³-hybridized carbons (Fsp3) is 0.926. The third-order valence-corrected chi connectivity index (χ3v) is 7.95. The highest BCUT2D eigenvalue weighted by atomic mass is 15.4. The molecule has 0 amide bonds. The van der Waals surface area contributed by atoms with Crippen LogP contribution in [-0.4, -0.2) is 27.1 Å². The van der Waals surface area contributed by atoms with Crippen molar-refractivity contribution >= 4 is 0 Å². The van der Waals surface area contributed by atoms with Crippen LogP contribution in [0.5, 0.6) is 0 Å². The Bertz CT molecular complexity index is 604. The number of hydrogen-bond acceptors (Lipinski definition) is 3. The summed E-state index contributed by atoms with van der Waals surface area (Å²) in [6, 6.07) is 0. The molecule has 2 atom stereocenters. The highest BCUT2D eigenvalue weighted by molar-refractivity contribution is 4.98. The van der Waals surface area contributed by atoms with Crippen molar-refractivity contribution < 1.29 is 0 Å². The molecule has 1 heterocycles. The predicted molar refractivity (Wildman–Crippen MR) is 133 cm³/mol. The average Bonchev–Trinajstić information content (AvgIpc) is 3.50. The minimum atomic E-state index is 0.231. The fourth-order valence-electron chi connectivity index (χ4n) is 5.10. The first kappa shape index (κ1) is 26.4. The molecule has 0 bridgehead atoms. The van der Waals surface area contributed by atoms with Crippen LogP contribution >= 0.6 is 0 Å². The second-order valence-corrected chi connectivity index (χ2v) is 11.2. The molecule has 1 aliphatic carbocycles. The van der Waals surface area contributed by atoms with Crippen molar-refractivity contribution in [1.29, 1.82) is 0 Å². The Kier molecular flexibility index (Phi) is 11.0. The molecule has 31 heavy (non-hydrogen) atoms. The van der Waals surface area contributed by atoms with Gasteiger partial charge in [0.25, 0.3) is 0 Å². The van der Waals surface area contributed by atoms with E-state index in [0.29, 0.717) is 5.41 Å². The Morgan fingerprint density at radius 3 is 2.35 bits per heavy atom. The maximum absolute atomic E-state index is 4.56. The van der Waals surface area contributed by atoms with Crippen LogP contribution in [0.2, 0.25) is 0 Å². The van der Waals surface area contributed by atoms with Crippen molar-refractivity contribution in [3.05, 3.63) is 11.9 Å². The molecule has 0 radical (unpaired) electrons. The Hall–Kier alpha value is -0.900. The van der Waals surface area contributed by atoms with E-state index in [1.807, 2.05) is 6.20 Å². The lowest BCUT2D eigenvalue weighted by Gasteiger charge is -2.39. The predicted octanol–water partition coefficient (Wildman–Crippen LogP) is 7.18. The van der Waals surface area contributed by atoms with Gasteiger partial charge in [0.05, 0.1) is 11.9 Å². The zero-order chi connectivity index (χ0) is 22.7. The lowest BCUT2D eigenvalue weighted by molar-refractivity contribution is 0.101. The Morgan fingerprint density at radius 1 is 1.00 bits per heavy atom. The number of nitrogens with zero attached hydrogens (tertiary/aromatic N) is 3. The van der Waals surface area contributed by atoms with Crippen LogP contribution in [0, 0.1) is 17.3 Å². The molecule has 4 nitrogen and oxygen atoms in total. The van der Waals surface area contributed by atoms with Gasteiger partial charge in [0.1, 0.15) is 0 Å². The summed E-state index contributed by atoms with van der Waals surface area (Å²) < 4.78 is 2.27. The first-order valence-corrected chi connectivity index (χ1v) is 13.5. The molecular weight excluding hydrogens is 380 g/mol. The van der Waals surface area contributed by atoms with E-state index < -0.39 is 0 Å². The standard InChI is InChI=1S/C27H52N4/c1-7-10-12-13-19-27(6,18-11-8-2)25(23-16-17-23)22-31-24(21-29-30-31)15-14-20-28-26(4,5)9-3/h21,23,25,28H,7-20,22H2,1-6H3. The van der Waals surface area contributed by atoms with Crippen LogP contribution in [0.25, 0.3) is 0 Å². The summed E-state index contributed by atoms with van der Waals surface area (Å²) in [6.07, 6.45) is 19.1. The first-order valence-electron chi connectivity index (χ1n) is 13.5. The highest BCUT2D eigenvalue weighted by Crippen LogP contribution is 2.51. The maximum Gasteiger partial charge on any atom is 0.0725 e. The largest absolute Gasteiger partial charge is 0.312 e. The molecule has 1 fully saturated rings. The topological polar surface area (TPSA) is 42.7 Å². The van der Waals surface area contributed by atoms with Gasteiger partial charge in [0, 0.05) is 12.1 Å². The van der Waals surface area contributed by atoms with Gasteiger partial charge in [-0.25, -0.2) is 4.68 Å². The number of aromatic nitrogens is 3. The SMILES string of the molecule is CCCCCCC(C)(CCCC)C(Cn1nncc1CCCNC(C)(C)CC)C1CC1. The van der Waals surface area contributed by atoms with Crippen molar-refractivity contribution in [3.8, 4) is 0 Å². The molecular formula is C27H52N4.